The number of pyridine rings is 1. The van der Waals surface area contributed by atoms with Crippen molar-refractivity contribution in [1.82, 2.24) is 14.9 Å². The Morgan fingerprint density at radius 3 is 2.58 bits per heavy atom. The van der Waals surface area contributed by atoms with E-state index in [1.165, 1.54) is 55.9 Å². The van der Waals surface area contributed by atoms with Crippen molar-refractivity contribution in [1.29, 1.82) is 0 Å². The van der Waals surface area contributed by atoms with Gasteiger partial charge >= 0.3 is 0 Å². The number of piperidine rings is 1. The van der Waals surface area contributed by atoms with Gasteiger partial charge in [0.2, 0.25) is 0 Å². The number of hydrogen-bond donors (Lipinski definition) is 1. The number of aryl methyl sites for hydroxylation is 2. The second-order valence-electron chi connectivity index (χ2n) is 7.25. The molecule has 1 N–H and O–H groups in total. The molecule has 1 saturated carbocycles. The number of likely N-dealkylation sites (tertiary alicyclic amines) is 1. The molecule has 0 atom stereocenters. The summed E-state index contributed by atoms with van der Waals surface area (Å²) in [4.78, 5) is 13.3. The quantitative estimate of drug-likeness (QED) is 0.869. The van der Waals surface area contributed by atoms with Gasteiger partial charge in [-0.25, -0.2) is 9.97 Å². The number of nitrogens with zero attached hydrogens (tertiary/aromatic N) is 3. The third-order valence-corrected chi connectivity index (χ3v) is 6.24. The standard InChI is InChI=1S/C19H26N4S/c1-13-14(2)24-19(20-13)22-18-5-3-4-17(21-18)16-8-10-23(11-9-16)12-15-6-7-15/h3-5,15-16H,6-12H2,1-2H3,(H,20,21,22). The van der Waals surface area contributed by atoms with Crippen LogP contribution in [-0.2, 0) is 0 Å². The van der Waals surface area contributed by atoms with Gasteiger partial charge in [0.25, 0.3) is 0 Å². The number of anilines is 2. The molecular formula is C19H26N4S. The van der Waals surface area contributed by atoms with Gasteiger partial charge < -0.3 is 10.2 Å². The van der Waals surface area contributed by atoms with Gasteiger partial charge in [-0.05, 0) is 70.7 Å². The van der Waals surface area contributed by atoms with E-state index >= 15 is 0 Å². The number of nitrogens with one attached hydrogen (secondary N) is 1. The van der Waals surface area contributed by atoms with Crippen LogP contribution < -0.4 is 5.32 Å². The van der Waals surface area contributed by atoms with Crippen LogP contribution in [0.1, 0.15) is 47.9 Å². The molecule has 5 heteroatoms. The summed E-state index contributed by atoms with van der Waals surface area (Å²) >= 11 is 1.69. The van der Waals surface area contributed by atoms with Crippen LogP contribution in [0.3, 0.4) is 0 Å². The summed E-state index contributed by atoms with van der Waals surface area (Å²) in [6, 6.07) is 6.34. The molecule has 2 aliphatic rings. The molecule has 1 saturated heterocycles. The van der Waals surface area contributed by atoms with E-state index in [4.69, 9.17) is 4.98 Å². The maximum absolute atomic E-state index is 4.87. The summed E-state index contributed by atoms with van der Waals surface area (Å²) in [5, 5.41) is 4.31. The Labute approximate surface area is 148 Å². The summed E-state index contributed by atoms with van der Waals surface area (Å²) in [6.45, 7) is 7.94. The van der Waals surface area contributed by atoms with Crippen molar-refractivity contribution >= 4 is 22.3 Å². The van der Waals surface area contributed by atoms with Gasteiger partial charge in [-0.15, -0.1) is 11.3 Å². The molecule has 1 aliphatic heterocycles. The van der Waals surface area contributed by atoms with Gasteiger partial charge in [0.05, 0.1) is 5.69 Å². The topological polar surface area (TPSA) is 41.1 Å². The van der Waals surface area contributed by atoms with Crippen molar-refractivity contribution in [2.75, 3.05) is 25.0 Å². The van der Waals surface area contributed by atoms with E-state index in [1.54, 1.807) is 11.3 Å². The van der Waals surface area contributed by atoms with Gasteiger partial charge in [-0.2, -0.15) is 0 Å². The highest BCUT2D eigenvalue weighted by Crippen LogP contribution is 2.33. The second kappa shape index (κ2) is 6.81. The van der Waals surface area contributed by atoms with Gasteiger partial charge in [-0.3, -0.25) is 0 Å². The average molecular weight is 343 g/mol. The lowest BCUT2D eigenvalue weighted by Crippen LogP contribution is -2.34. The Morgan fingerprint density at radius 2 is 1.92 bits per heavy atom. The molecule has 128 valence electrons. The molecular weight excluding hydrogens is 316 g/mol. The molecule has 24 heavy (non-hydrogen) atoms. The van der Waals surface area contributed by atoms with Crippen molar-refractivity contribution < 1.29 is 0 Å². The van der Waals surface area contributed by atoms with Crippen molar-refractivity contribution in [2.24, 2.45) is 5.92 Å². The Hall–Kier alpha value is -1.46. The molecule has 0 unspecified atom stereocenters. The van der Waals surface area contributed by atoms with Crippen molar-refractivity contribution in [3.05, 3.63) is 34.5 Å². The van der Waals surface area contributed by atoms with Gasteiger partial charge in [0.1, 0.15) is 5.82 Å². The van der Waals surface area contributed by atoms with Crippen molar-refractivity contribution in [2.45, 2.75) is 45.4 Å². The van der Waals surface area contributed by atoms with Crippen molar-refractivity contribution in [3.8, 4) is 0 Å². The zero-order valence-electron chi connectivity index (χ0n) is 14.6. The molecule has 0 amide bonds. The average Bonchev–Trinajstić information content (AvgIpc) is 3.34. The minimum absolute atomic E-state index is 0.599. The summed E-state index contributed by atoms with van der Waals surface area (Å²) in [5.74, 6) is 2.51. The van der Waals surface area contributed by atoms with Crippen LogP contribution in [-0.4, -0.2) is 34.5 Å². The van der Waals surface area contributed by atoms with Gasteiger partial charge in [-0.1, -0.05) is 6.07 Å². The van der Waals surface area contributed by atoms with E-state index < -0.39 is 0 Å². The zero-order valence-corrected chi connectivity index (χ0v) is 15.4. The highest BCUT2D eigenvalue weighted by Gasteiger charge is 2.27. The predicted octanol–water partition coefficient (Wildman–Crippen LogP) is 4.49. The molecule has 0 aromatic carbocycles. The molecule has 0 bridgehead atoms. The summed E-state index contributed by atoms with van der Waals surface area (Å²) in [7, 11) is 0. The van der Waals surface area contributed by atoms with E-state index in [0.29, 0.717) is 5.92 Å². The molecule has 4 nitrogen and oxygen atoms in total. The fourth-order valence-electron chi connectivity index (χ4n) is 3.46. The Bertz CT molecular complexity index is 680. The maximum atomic E-state index is 4.87. The van der Waals surface area contributed by atoms with E-state index in [9.17, 15) is 0 Å². The lowest BCUT2D eigenvalue weighted by atomic mass is 9.93. The molecule has 0 spiro atoms. The van der Waals surface area contributed by atoms with Gasteiger partial charge in [0, 0.05) is 23.0 Å². The first-order chi connectivity index (χ1) is 11.7. The number of aromatic nitrogens is 2. The lowest BCUT2D eigenvalue weighted by molar-refractivity contribution is 0.203. The Kier molecular flexibility index (Phi) is 4.55. The molecule has 2 aromatic rings. The SMILES string of the molecule is Cc1nc(Nc2cccc(C3CCN(CC4CC4)CC3)n2)sc1C. The first kappa shape index (κ1) is 16.0. The van der Waals surface area contributed by atoms with Crippen LogP contribution in [0, 0.1) is 19.8 Å². The lowest BCUT2D eigenvalue weighted by Gasteiger charge is -2.31. The Balaban J connectivity index is 1.39. The molecule has 4 rings (SSSR count). The van der Waals surface area contributed by atoms with E-state index in [1.807, 2.05) is 6.07 Å². The van der Waals surface area contributed by atoms with Crippen LogP contribution in [0.4, 0.5) is 10.9 Å². The number of hydrogen-bond acceptors (Lipinski definition) is 5. The van der Waals surface area contributed by atoms with E-state index in [2.05, 4.69) is 41.2 Å². The number of thiazole rings is 1. The van der Waals surface area contributed by atoms with Crippen LogP contribution in [0.2, 0.25) is 0 Å². The van der Waals surface area contributed by atoms with Crippen LogP contribution in [0.5, 0.6) is 0 Å². The molecule has 0 radical (unpaired) electrons. The normalized spacial score (nSPS) is 19.6. The van der Waals surface area contributed by atoms with E-state index in [-0.39, 0.29) is 0 Å². The minimum Gasteiger partial charge on any atom is -0.316 e. The van der Waals surface area contributed by atoms with Gasteiger partial charge in [0.15, 0.2) is 5.13 Å². The largest absolute Gasteiger partial charge is 0.316 e. The summed E-state index contributed by atoms with van der Waals surface area (Å²) in [5.41, 5.74) is 2.33. The fraction of sp³-hybridized carbons (Fsp3) is 0.579. The first-order valence-electron chi connectivity index (χ1n) is 9.08. The summed E-state index contributed by atoms with van der Waals surface area (Å²) in [6.07, 6.45) is 5.37. The minimum atomic E-state index is 0.599. The molecule has 2 aromatic heterocycles. The monoisotopic (exact) mass is 342 g/mol. The first-order valence-corrected chi connectivity index (χ1v) is 9.89. The number of rotatable bonds is 5. The predicted molar refractivity (Wildman–Crippen MR) is 100 cm³/mol. The second-order valence-corrected chi connectivity index (χ2v) is 8.45. The molecule has 2 fully saturated rings. The zero-order chi connectivity index (χ0) is 16.5. The molecule has 1 aliphatic carbocycles. The maximum Gasteiger partial charge on any atom is 0.188 e. The smallest absolute Gasteiger partial charge is 0.188 e. The van der Waals surface area contributed by atoms with Crippen LogP contribution in [0.15, 0.2) is 18.2 Å². The highest BCUT2D eigenvalue weighted by molar-refractivity contribution is 7.15. The summed E-state index contributed by atoms with van der Waals surface area (Å²) < 4.78 is 0. The Morgan fingerprint density at radius 1 is 1.12 bits per heavy atom. The fourth-order valence-corrected chi connectivity index (χ4v) is 4.28. The van der Waals surface area contributed by atoms with Crippen LogP contribution in [0.25, 0.3) is 0 Å². The third kappa shape index (κ3) is 3.78. The molecule has 3 heterocycles. The van der Waals surface area contributed by atoms with Crippen molar-refractivity contribution in [3.63, 3.8) is 0 Å². The van der Waals surface area contributed by atoms with E-state index in [0.717, 1.165) is 22.6 Å². The van der Waals surface area contributed by atoms with Crippen LogP contribution >= 0.6 is 11.3 Å². The third-order valence-electron chi connectivity index (χ3n) is 5.25. The highest BCUT2D eigenvalue weighted by atomic mass is 32.1.